The van der Waals surface area contributed by atoms with Gasteiger partial charge in [-0.05, 0) is 37.7 Å². The van der Waals surface area contributed by atoms with E-state index in [2.05, 4.69) is 20.8 Å². The number of Topliss-reactive ketones (excluding diaryl/α,β-unsaturated/α-hetero) is 1. The largest absolute Gasteiger partial charge is 0.465 e. The van der Waals surface area contributed by atoms with E-state index in [0.717, 1.165) is 12.0 Å². The molecule has 4 nitrogen and oxygen atoms in total. The predicted octanol–water partition coefficient (Wildman–Crippen LogP) is 3.72. The summed E-state index contributed by atoms with van der Waals surface area (Å²) in [6, 6.07) is 9.33. The van der Waals surface area contributed by atoms with Crippen molar-refractivity contribution in [3.8, 4) is 0 Å². The Kier molecular flexibility index (Phi) is 6.88. The summed E-state index contributed by atoms with van der Waals surface area (Å²) in [5.74, 6) is -2.54. The minimum atomic E-state index is -1.38. The number of hydrogen-bond acceptors (Lipinski definition) is 4. The lowest BCUT2D eigenvalue weighted by molar-refractivity contribution is -0.154. The third-order valence-electron chi connectivity index (χ3n) is 4.29. The van der Waals surface area contributed by atoms with Gasteiger partial charge >= 0.3 is 5.97 Å². The lowest BCUT2D eigenvalue weighted by Crippen LogP contribution is -2.42. The van der Waals surface area contributed by atoms with E-state index in [0.29, 0.717) is 12.7 Å². The average molecular weight is 332 g/mol. The Morgan fingerprint density at radius 3 is 2.12 bits per heavy atom. The molecule has 4 heteroatoms. The van der Waals surface area contributed by atoms with Crippen LogP contribution >= 0.6 is 0 Å². The number of esters is 1. The van der Waals surface area contributed by atoms with Crippen LogP contribution in [0.3, 0.4) is 0 Å². The van der Waals surface area contributed by atoms with Crippen LogP contribution in [0, 0.1) is 11.3 Å². The lowest BCUT2D eigenvalue weighted by Gasteiger charge is -2.33. The second-order valence-corrected chi connectivity index (χ2v) is 7.49. The van der Waals surface area contributed by atoms with Crippen LogP contribution in [0.5, 0.6) is 0 Å². The van der Waals surface area contributed by atoms with Gasteiger partial charge in [0.25, 0.3) is 0 Å². The highest BCUT2D eigenvalue weighted by molar-refractivity contribution is 6.14. The first-order valence-electron chi connectivity index (χ1n) is 8.37. The molecule has 2 atom stereocenters. The van der Waals surface area contributed by atoms with E-state index in [4.69, 9.17) is 4.74 Å². The van der Waals surface area contributed by atoms with Gasteiger partial charge in [0, 0.05) is 0 Å². The average Bonchev–Trinajstić information content (AvgIpc) is 2.53. The quantitative estimate of drug-likeness (QED) is 0.413. The first kappa shape index (κ1) is 20.1. The molecule has 0 saturated heterocycles. The zero-order valence-corrected chi connectivity index (χ0v) is 15.3. The topological polar surface area (TPSA) is 60.4 Å². The SMILES string of the molecule is CCOC(=O)C(C=O)C(=O)[C@](C)(CCC(C)(C)C)c1ccccc1. The van der Waals surface area contributed by atoms with Crippen molar-refractivity contribution in [2.75, 3.05) is 6.61 Å². The molecule has 0 aliphatic rings. The molecule has 0 spiro atoms. The Morgan fingerprint density at radius 1 is 1.08 bits per heavy atom. The first-order valence-corrected chi connectivity index (χ1v) is 8.37. The van der Waals surface area contributed by atoms with E-state index in [1.165, 1.54) is 0 Å². The molecule has 0 radical (unpaired) electrons. The Morgan fingerprint density at radius 2 is 1.67 bits per heavy atom. The highest BCUT2D eigenvalue weighted by atomic mass is 16.5. The molecule has 0 saturated carbocycles. The zero-order valence-electron chi connectivity index (χ0n) is 15.3. The number of aldehydes is 1. The van der Waals surface area contributed by atoms with Gasteiger partial charge in [0.05, 0.1) is 12.0 Å². The molecule has 0 amide bonds. The summed E-state index contributed by atoms with van der Waals surface area (Å²) >= 11 is 0. The monoisotopic (exact) mass is 332 g/mol. The fourth-order valence-electron chi connectivity index (χ4n) is 2.64. The fourth-order valence-corrected chi connectivity index (χ4v) is 2.64. The third-order valence-corrected chi connectivity index (χ3v) is 4.29. The number of carbonyl (C=O) groups excluding carboxylic acids is 3. The maximum Gasteiger partial charge on any atom is 0.323 e. The van der Waals surface area contributed by atoms with Crippen LogP contribution in [0.4, 0.5) is 0 Å². The molecule has 24 heavy (non-hydrogen) atoms. The summed E-state index contributed by atoms with van der Waals surface area (Å²) < 4.78 is 4.90. The molecular weight excluding hydrogens is 304 g/mol. The maximum atomic E-state index is 13.1. The lowest BCUT2D eigenvalue weighted by atomic mass is 9.69. The molecule has 132 valence electrons. The zero-order chi connectivity index (χ0) is 18.4. The Hall–Kier alpha value is -1.97. The Balaban J connectivity index is 3.23. The van der Waals surface area contributed by atoms with E-state index in [1.54, 1.807) is 6.92 Å². The van der Waals surface area contributed by atoms with Gasteiger partial charge < -0.3 is 9.53 Å². The van der Waals surface area contributed by atoms with Crippen LogP contribution in [0.1, 0.15) is 53.0 Å². The molecule has 0 N–H and O–H groups in total. The Bertz CT molecular complexity index is 571. The van der Waals surface area contributed by atoms with Crippen molar-refractivity contribution in [3.63, 3.8) is 0 Å². The van der Waals surface area contributed by atoms with Crippen molar-refractivity contribution >= 4 is 18.0 Å². The number of ether oxygens (including phenoxy) is 1. The standard InChI is InChI=1S/C20H28O4/c1-6-24-18(23)16(14-21)17(22)20(5,13-12-19(2,3)4)15-10-8-7-9-11-15/h7-11,14,16H,6,12-13H2,1-5H3/t16?,20-/m1/s1. The summed E-state index contributed by atoms with van der Waals surface area (Å²) in [5.41, 5.74) is -0.0560. The molecule has 1 rings (SSSR count). The van der Waals surface area contributed by atoms with E-state index in [1.807, 2.05) is 37.3 Å². The second kappa shape index (κ2) is 8.22. The van der Waals surface area contributed by atoms with Crippen LogP contribution in [-0.4, -0.2) is 24.6 Å². The molecule has 0 aliphatic heterocycles. The van der Waals surface area contributed by atoms with Gasteiger partial charge in [-0.25, -0.2) is 0 Å². The normalized spacial score (nSPS) is 15.2. The molecule has 0 fully saturated rings. The van der Waals surface area contributed by atoms with Crippen molar-refractivity contribution in [1.82, 2.24) is 0 Å². The Labute approximate surface area is 144 Å². The van der Waals surface area contributed by atoms with Gasteiger partial charge in [-0.2, -0.15) is 0 Å². The van der Waals surface area contributed by atoms with E-state index >= 15 is 0 Å². The van der Waals surface area contributed by atoms with Crippen molar-refractivity contribution in [2.45, 2.75) is 52.9 Å². The number of benzene rings is 1. The summed E-state index contributed by atoms with van der Waals surface area (Å²) in [4.78, 5) is 36.5. The number of hydrogen-bond donors (Lipinski definition) is 0. The van der Waals surface area contributed by atoms with Gasteiger partial charge in [-0.1, -0.05) is 51.1 Å². The van der Waals surface area contributed by atoms with Crippen LogP contribution in [-0.2, 0) is 24.5 Å². The number of ketones is 1. The molecule has 1 aromatic carbocycles. The minimum absolute atomic E-state index is 0.0386. The van der Waals surface area contributed by atoms with Crippen LogP contribution in [0.25, 0.3) is 0 Å². The van der Waals surface area contributed by atoms with E-state index in [9.17, 15) is 14.4 Å². The predicted molar refractivity (Wildman–Crippen MR) is 93.7 cm³/mol. The fraction of sp³-hybridized carbons (Fsp3) is 0.550. The minimum Gasteiger partial charge on any atom is -0.465 e. The van der Waals surface area contributed by atoms with Crippen LogP contribution < -0.4 is 0 Å². The summed E-state index contributed by atoms with van der Waals surface area (Å²) in [6.07, 6.45) is 1.75. The molecular formula is C20H28O4. The van der Waals surface area contributed by atoms with Gasteiger partial charge in [0.1, 0.15) is 6.29 Å². The van der Waals surface area contributed by atoms with Crippen LogP contribution in [0.15, 0.2) is 30.3 Å². The highest BCUT2D eigenvalue weighted by Crippen LogP contribution is 2.36. The molecule has 1 unspecified atom stereocenters. The number of carbonyl (C=O) groups is 3. The summed E-state index contributed by atoms with van der Waals surface area (Å²) in [6.45, 7) is 9.91. The molecule has 0 aliphatic carbocycles. The maximum absolute atomic E-state index is 13.1. The number of rotatable bonds is 8. The molecule has 1 aromatic rings. The first-order chi connectivity index (χ1) is 11.2. The summed E-state index contributed by atoms with van der Waals surface area (Å²) in [7, 11) is 0. The van der Waals surface area contributed by atoms with Gasteiger partial charge in [0.2, 0.25) is 0 Å². The van der Waals surface area contributed by atoms with E-state index < -0.39 is 23.1 Å². The van der Waals surface area contributed by atoms with E-state index in [-0.39, 0.29) is 12.0 Å². The highest BCUT2D eigenvalue weighted by Gasteiger charge is 2.43. The smallest absolute Gasteiger partial charge is 0.323 e. The summed E-state index contributed by atoms with van der Waals surface area (Å²) in [5, 5.41) is 0. The van der Waals surface area contributed by atoms with Gasteiger partial charge in [0.15, 0.2) is 11.7 Å². The van der Waals surface area contributed by atoms with Crippen molar-refractivity contribution in [3.05, 3.63) is 35.9 Å². The second-order valence-electron chi connectivity index (χ2n) is 7.49. The van der Waals surface area contributed by atoms with Crippen LogP contribution in [0.2, 0.25) is 0 Å². The molecule has 0 bridgehead atoms. The van der Waals surface area contributed by atoms with Gasteiger partial charge in [-0.3, -0.25) is 9.59 Å². The van der Waals surface area contributed by atoms with Crippen molar-refractivity contribution in [2.24, 2.45) is 11.3 Å². The van der Waals surface area contributed by atoms with Gasteiger partial charge in [-0.15, -0.1) is 0 Å². The molecule has 0 aromatic heterocycles. The van der Waals surface area contributed by atoms with Crippen molar-refractivity contribution in [1.29, 1.82) is 0 Å². The third kappa shape index (κ3) is 5.02. The molecule has 0 heterocycles. The van der Waals surface area contributed by atoms with Crippen molar-refractivity contribution < 1.29 is 19.1 Å².